The number of nitrogens with one attached hydrogen (secondary N) is 1. The van der Waals surface area contributed by atoms with Crippen LogP contribution in [0.3, 0.4) is 0 Å². The maximum Gasteiger partial charge on any atom is 0.336 e. The second kappa shape index (κ2) is 8.40. The van der Waals surface area contributed by atoms with Gasteiger partial charge in [0.15, 0.2) is 0 Å². The van der Waals surface area contributed by atoms with Crippen LogP contribution >= 0.6 is 11.8 Å². The van der Waals surface area contributed by atoms with Gasteiger partial charge in [0.25, 0.3) is 0 Å². The second-order valence-corrected chi connectivity index (χ2v) is 6.20. The van der Waals surface area contributed by atoms with Crippen molar-refractivity contribution in [3.05, 3.63) is 57.8 Å². The highest BCUT2D eigenvalue weighted by molar-refractivity contribution is 8.03. The molecule has 0 bridgehead atoms. The molecule has 1 heterocycles. The van der Waals surface area contributed by atoms with Crippen molar-refractivity contribution in [1.29, 1.82) is 5.26 Å². The first-order valence-corrected chi connectivity index (χ1v) is 8.47. The Balaban J connectivity index is 2.52. The van der Waals surface area contributed by atoms with E-state index in [2.05, 4.69) is 16.1 Å². The number of carbonyl (C=O) groups excluding carboxylic acids is 2. The van der Waals surface area contributed by atoms with Crippen LogP contribution < -0.4 is 5.32 Å². The Kier molecular flexibility index (Phi) is 6.25. The molecule has 1 N–H and O–H groups in total. The molecule has 0 aliphatic carbocycles. The van der Waals surface area contributed by atoms with Crippen molar-refractivity contribution in [3.8, 4) is 6.07 Å². The molecule has 0 spiro atoms. The zero-order chi connectivity index (χ0) is 18.4. The summed E-state index contributed by atoms with van der Waals surface area (Å²) in [5.74, 6) is -1.39. The predicted molar refractivity (Wildman–Crippen MR) is 94.1 cm³/mol. The van der Waals surface area contributed by atoms with E-state index in [1.165, 1.54) is 26.0 Å². The number of carbonyl (C=O) groups is 2. The lowest BCUT2D eigenvalue weighted by atomic mass is 9.82. The van der Waals surface area contributed by atoms with E-state index < -0.39 is 17.9 Å². The number of benzene rings is 1. The third-order valence-corrected chi connectivity index (χ3v) is 4.74. The Morgan fingerprint density at radius 1 is 1.24 bits per heavy atom. The summed E-state index contributed by atoms with van der Waals surface area (Å²) < 4.78 is 9.55. The van der Waals surface area contributed by atoms with Gasteiger partial charge in [-0.2, -0.15) is 5.26 Å². The van der Waals surface area contributed by atoms with Gasteiger partial charge in [-0.05, 0) is 12.5 Å². The van der Waals surface area contributed by atoms with Gasteiger partial charge in [0, 0.05) is 5.70 Å². The zero-order valence-electron chi connectivity index (χ0n) is 14.2. The molecule has 0 amide bonds. The lowest BCUT2D eigenvalue weighted by Gasteiger charge is -2.29. The molecular weight excluding hydrogens is 340 g/mol. The average molecular weight is 358 g/mol. The summed E-state index contributed by atoms with van der Waals surface area (Å²) >= 11 is 1.17. The molecule has 7 heteroatoms. The third kappa shape index (κ3) is 4.03. The largest absolute Gasteiger partial charge is 0.468 e. The van der Waals surface area contributed by atoms with Crippen molar-refractivity contribution in [2.75, 3.05) is 20.0 Å². The number of dihydropyridines is 1. The van der Waals surface area contributed by atoms with Crippen molar-refractivity contribution in [2.24, 2.45) is 0 Å². The predicted octanol–water partition coefficient (Wildman–Crippen LogP) is 2.46. The summed E-state index contributed by atoms with van der Waals surface area (Å²) in [6.07, 6.45) is 0. The summed E-state index contributed by atoms with van der Waals surface area (Å²) in [7, 11) is 2.62. The van der Waals surface area contributed by atoms with Crippen molar-refractivity contribution in [2.45, 2.75) is 12.8 Å². The molecule has 0 saturated carbocycles. The summed E-state index contributed by atoms with van der Waals surface area (Å²) in [5, 5.41) is 13.3. The topological polar surface area (TPSA) is 88.4 Å². The number of rotatable bonds is 5. The van der Waals surface area contributed by atoms with Crippen molar-refractivity contribution < 1.29 is 19.1 Å². The highest BCUT2D eigenvalue weighted by Crippen LogP contribution is 2.40. The lowest BCUT2D eigenvalue weighted by Crippen LogP contribution is -2.28. The van der Waals surface area contributed by atoms with Crippen LogP contribution in [0.4, 0.5) is 0 Å². The first kappa shape index (κ1) is 18.6. The number of nitriles is 1. The van der Waals surface area contributed by atoms with E-state index in [0.717, 1.165) is 5.56 Å². The molecule has 6 nitrogen and oxygen atoms in total. The summed E-state index contributed by atoms with van der Waals surface area (Å²) in [6, 6.07) is 11.4. The molecule has 0 saturated heterocycles. The van der Waals surface area contributed by atoms with Gasteiger partial charge in [-0.1, -0.05) is 42.1 Å². The van der Waals surface area contributed by atoms with Gasteiger partial charge in [-0.3, -0.25) is 4.79 Å². The normalized spacial score (nSPS) is 16.8. The van der Waals surface area contributed by atoms with Crippen molar-refractivity contribution in [1.82, 2.24) is 5.32 Å². The highest BCUT2D eigenvalue weighted by Gasteiger charge is 2.35. The van der Waals surface area contributed by atoms with Crippen LogP contribution in [0, 0.1) is 11.3 Å². The minimum absolute atomic E-state index is 0.0619. The number of nitrogens with zero attached hydrogens (tertiary/aromatic N) is 1. The number of esters is 2. The average Bonchev–Trinajstić information content (AvgIpc) is 2.65. The van der Waals surface area contributed by atoms with Crippen molar-refractivity contribution in [3.63, 3.8) is 0 Å². The Labute approximate surface area is 150 Å². The monoisotopic (exact) mass is 358 g/mol. The lowest BCUT2D eigenvalue weighted by molar-refractivity contribution is -0.138. The van der Waals surface area contributed by atoms with Crippen LogP contribution in [-0.4, -0.2) is 31.9 Å². The number of allylic oxidation sites excluding steroid dienone is 2. The SMILES string of the molecule is COC(=O)CSC1=C(C#N)C(c2ccccc2)C(C(=O)OC)=C(C)N1. The molecular formula is C18H18N2O4S. The minimum atomic E-state index is -0.556. The smallest absolute Gasteiger partial charge is 0.336 e. The fourth-order valence-electron chi connectivity index (χ4n) is 2.58. The van der Waals surface area contributed by atoms with Gasteiger partial charge in [0.1, 0.15) is 0 Å². The molecule has 0 fully saturated rings. The highest BCUT2D eigenvalue weighted by atomic mass is 32.2. The Morgan fingerprint density at radius 3 is 2.48 bits per heavy atom. The van der Waals surface area contributed by atoms with Gasteiger partial charge in [0.2, 0.25) is 0 Å². The van der Waals surface area contributed by atoms with Gasteiger partial charge in [-0.15, -0.1) is 0 Å². The third-order valence-electron chi connectivity index (χ3n) is 3.75. The Bertz CT molecular complexity index is 778. The molecule has 1 aliphatic rings. The summed E-state index contributed by atoms with van der Waals surface area (Å²) in [5.41, 5.74) is 2.14. The van der Waals surface area contributed by atoms with E-state index in [9.17, 15) is 14.9 Å². The molecule has 2 rings (SSSR count). The van der Waals surface area contributed by atoms with Crippen molar-refractivity contribution >= 4 is 23.7 Å². The van der Waals surface area contributed by atoms with E-state index in [-0.39, 0.29) is 5.75 Å². The van der Waals surface area contributed by atoms with Gasteiger partial charge >= 0.3 is 11.9 Å². The van der Waals surface area contributed by atoms with Crippen LogP contribution in [0.25, 0.3) is 0 Å². The molecule has 1 aromatic carbocycles. The molecule has 0 aromatic heterocycles. The number of methoxy groups -OCH3 is 2. The van der Waals surface area contributed by atoms with Gasteiger partial charge in [0.05, 0.1) is 48.1 Å². The van der Waals surface area contributed by atoms with E-state index in [1.807, 2.05) is 30.3 Å². The molecule has 1 aliphatic heterocycles. The van der Waals surface area contributed by atoms with Crippen LogP contribution in [0.2, 0.25) is 0 Å². The maximum absolute atomic E-state index is 12.3. The van der Waals surface area contributed by atoms with Gasteiger partial charge in [-0.25, -0.2) is 4.79 Å². The standard InChI is InChI=1S/C18H18N2O4S/c1-11-15(18(22)24-3)16(12-7-5-4-6-8-12)13(9-19)17(20-11)25-10-14(21)23-2/h4-8,16,20H,10H2,1-3H3. The quantitative estimate of drug-likeness (QED) is 0.809. The summed E-state index contributed by atoms with van der Waals surface area (Å²) in [4.78, 5) is 23.7. The Morgan fingerprint density at radius 2 is 1.92 bits per heavy atom. The van der Waals surface area contributed by atoms with Crippen LogP contribution in [0.15, 0.2) is 52.2 Å². The number of hydrogen-bond donors (Lipinski definition) is 1. The summed E-state index contributed by atoms with van der Waals surface area (Å²) in [6.45, 7) is 1.75. The first-order valence-electron chi connectivity index (χ1n) is 7.48. The molecule has 130 valence electrons. The van der Waals surface area contributed by atoms with Gasteiger partial charge < -0.3 is 14.8 Å². The fourth-order valence-corrected chi connectivity index (χ4v) is 3.50. The van der Waals surface area contributed by atoms with Crippen LogP contribution in [0.1, 0.15) is 18.4 Å². The van der Waals surface area contributed by atoms with Crippen LogP contribution in [-0.2, 0) is 19.1 Å². The molecule has 1 unspecified atom stereocenters. The second-order valence-electron chi connectivity index (χ2n) is 5.22. The fraction of sp³-hybridized carbons (Fsp3) is 0.278. The Hall–Kier alpha value is -2.72. The zero-order valence-corrected chi connectivity index (χ0v) is 15.0. The molecule has 0 radical (unpaired) electrons. The number of hydrogen-bond acceptors (Lipinski definition) is 7. The number of ether oxygens (including phenoxy) is 2. The molecule has 1 aromatic rings. The molecule has 25 heavy (non-hydrogen) atoms. The number of thioether (sulfide) groups is 1. The van der Waals surface area contributed by atoms with Crippen LogP contribution in [0.5, 0.6) is 0 Å². The minimum Gasteiger partial charge on any atom is -0.468 e. The maximum atomic E-state index is 12.3. The van der Waals surface area contributed by atoms with E-state index in [1.54, 1.807) is 6.92 Å². The van der Waals surface area contributed by atoms with E-state index in [4.69, 9.17) is 4.74 Å². The van der Waals surface area contributed by atoms with E-state index >= 15 is 0 Å². The molecule has 1 atom stereocenters. The van der Waals surface area contributed by atoms with E-state index in [0.29, 0.717) is 21.9 Å². The first-order chi connectivity index (χ1) is 12.0.